The van der Waals surface area contributed by atoms with Crippen LogP contribution >= 0.6 is 11.6 Å². The second kappa shape index (κ2) is 14.8. The molecule has 0 unspecified atom stereocenters. The van der Waals surface area contributed by atoms with E-state index >= 15 is 0 Å². The maximum absolute atomic E-state index is 14.4. The van der Waals surface area contributed by atoms with Gasteiger partial charge in [0, 0.05) is 17.6 Å². The number of nitrogens with zero attached hydrogens (tertiary/aromatic N) is 2. The van der Waals surface area contributed by atoms with Gasteiger partial charge in [-0.1, -0.05) is 67.8 Å². The van der Waals surface area contributed by atoms with Crippen molar-refractivity contribution in [2.24, 2.45) is 0 Å². The van der Waals surface area contributed by atoms with Gasteiger partial charge in [-0.3, -0.25) is 13.9 Å². The molecule has 1 atom stereocenters. The van der Waals surface area contributed by atoms with E-state index in [9.17, 15) is 18.0 Å². The molecule has 1 saturated carbocycles. The minimum absolute atomic E-state index is 0.0209. The molecule has 8 nitrogen and oxygen atoms in total. The number of sulfonamides is 1. The number of ether oxygens (including phenoxy) is 1. The zero-order chi connectivity index (χ0) is 31.0. The van der Waals surface area contributed by atoms with Gasteiger partial charge in [-0.15, -0.1) is 0 Å². The van der Waals surface area contributed by atoms with Crippen LogP contribution in [0.5, 0.6) is 5.75 Å². The summed E-state index contributed by atoms with van der Waals surface area (Å²) in [7, 11) is -4.25. The molecule has 230 valence electrons. The number of carbonyl (C=O) groups is 2. The lowest BCUT2D eigenvalue weighted by Crippen LogP contribution is -2.53. The van der Waals surface area contributed by atoms with Crippen LogP contribution in [0.3, 0.4) is 0 Å². The molecular weight excluding hydrogens is 586 g/mol. The number of halogens is 1. The summed E-state index contributed by atoms with van der Waals surface area (Å²) in [5.74, 6) is -0.398. The molecule has 4 rings (SSSR count). The van der Waals surface area contributed by atoms with Gasteiger partial charge in [0.15, 0.2) is 0 Å². The third-order valence-corrected chi connectivity index (χ3v) is 9.83. The van der Waals surface area contributed by atoms with Crippen molar-refractivity contribution in [2.45, 2.75) is 76.4 Å². The minimum atomic E-state index is -4.25. The van der Waals surface area contributed by atoms with E-state index in [2.05, 4.69) is 5.32 Å². The molecular formula is C33H40ClN3O5S. The van der Waals surface area contributed by atoms with Gasteiger partial charge in [-0.2, -0.15) is 0 Å². The molecule has 0 radical (unpaired) electrons. The maximum atomic E-state index is 14.4. The Balaban J connectivity index is 1.76. The lowest BCUT2D eigenvalue weighted by atomic mass is 10.1. The number of para-hydroxylation sites is 2. The molecule has 43 heavy (non-hydrogen) atoms. The molecule has 0 aromatic heterocycles. The normalized spacial score (nSPS) is 14.2. The predicted molar refractivity (Wildman–Crippen MR) is 170 cm³/mol. The minimum Gasteiger partial charge on any atom is -0.492 e. The lowest BCUT2D eigenvalue weighted by Gasteiger charge is -2.34. The summed E-state index contributed by atoms with van der Waals surface area (Å²) in [4.78, 5) is 29.5. The van der Waals surface area contributed by atoms with E-state index in [0.717, 1.165) is 41.1 Å². The highest BCUT2D eigenvalue weighted by atomic mass is 35.5. The van der Waals surface area contributed by atoms with Crippen LogP contribution in [0.4, 0.5) is 5.69 Å². The van der Waals surface area contributed by atoms with Gasteiger partial charge < -0.3 is 15.0 Å². The summed E-state index contributed by atoms with van der Waals surface area (Å²) in [6.07, 6.45) is 4.31. The van der Waals surface area contributed by atoms with Crippen LogP contribution in [0, 0.1) is 6.92 Å². The highest BCUT2D eigenvalue weighted by Gasteiger charge is 2.35. The van der Waals surface area contributed by atoms with Crippen LogP contribution in [0.15, 0.2) is 77.7 Å². The molecule has 2 amide bonds. The van der Waals surface area contributed by atoms with E-state index in [0.29, 0.717) is 23.8 Å². The van der Waals surface area contributed by atoms with Crippen molar-refractivity contribution in [1.82, 2.24) is 10.2 Å². The fraction of sp³-hybridized carbons (Fsp3) is 0.394. The Morgan fingerprint density at radius 1 is 0.977 bits per heavy atom. The van der Waals surface area contributed by atoms with Crippen molar-refractivity contribution in [2.75, 3.05) is 17.5 Å². The predicted octanol–water partition coefficient (Wildman–Crippen LogP) is 6.11. The van der Waals surface area contributed by atoms with E-state index in [1.165, 1.54) is 29.2 Å². The number of hydrogen-bond donors (Lipinski definition) is 1. The molecule has 1 fully saturated rings. The number of hydrogen-bond acceptors (Lipinski definition) is 5. The average Bonchev–Trinajstić information content (AvgIpc) is 3.50. The maximum Gasteiger partial charge on any atom is 0.264 e. The molecule has 0 aliphatic heterocycles. The molecule has 1 aliphatic carbocycles. The summed E-state index contributed by atoms with van der Waals surface area (Å²) in [5, 5.41) is 3.53. The molecule has 10 heteroatoms. The second-order valence-electron chi connectivity index (χ2n) is 10.7. The number of carbonyl (C=O) groups excluding carboxylic acids is 2. The Bertz CT molecular complexity index is 1510. The van der Waals surface area contributed by atoms with Crippen LogP contribution < -0.4 is 14.4 Å². The Labute approximate surface area is 260 Å². The fourth-order valence-corrected chi connectivity index (χ4v) is 7.00. The number of benzene rings is 3. The Morgan fingerprint density at radius 3 is 2.28 bits per heavy atom. The molecule has 1 N–H and O–H groups in total. The molecule has 0 heterocycles. The zero-order valence-electron chi connectivity index (χ0n) is 25.0. The van der Waals surface area contributed by atoms with Gasteiger partial charge in [0.1, 0.15) is 18.3 Å². The van der Waals surface area contributed by atoms with Crippen LogP contribution in [-0.2, 0) is 26.2 Å². The summed E-state index contributed by atoms with van der Waals surface area (Å²) in [5.41, 5.74) is 2.08. The summed E-state index contributed by atoms with van der Waals surface area (Å²) < 4.78 is 35.2. The smallest absolute Gasteiger partial charge is 0.264 e. The van der Waals surface area contributed by atoms with Crippen LogP contribution in [0.1, 0.15) is 57.1 Å². The quantitative estimate of drug-likeness (QED) is 0.247. The van der Waals surface area contributed by atoms with Gasteiger partial charge >= 0.3 is 0 Å². The van der Waals surface area contributed by atoms with Gasteiger partial charge in [0.05, 0.1) is 17.2 Å². The fourth-order valence-electron chi connectivity index (χ4n) is 5.45. The largest absolute Gasteiger partial charge is 0.492 e. The first-order valence-corrected chi connectivity index (χ1v) is 16.6. The molecule has 0 spiro atoms. The Kier molecular flexibility index (Phi) is 11.1. The van der Waals surface area contributed by atoms with E-state index in [4.69, 9.17) is 16.3 Å². The monoisotopic (exact) mass is 625 g/mol. The van der Waals surface area contributed by atoms with Crippen LogP contribution in [0.2, 0.25) is 5.02 Å². The van der Waals surface area contributed by atoms with Crippen molar-refractivity contribution in [3.05, 3.63) is 88.9 Å². The number of rotatable bonds is 13. The first kappa shape index (κ1) is 32.4. The van der Waals surface area contributed by atoms with Gasteiger partial charge in [-0.25, -0.2) is 8.42 Å². The Morgan fingerprint density at radius 2 is 1.63 bits per heavy atom. The molecule has 3 aromatic rings. The number of anilines is 1. The number of aryl methyl sites for hydroxylation is 1. The standard InChI is InChI=1S/C33H40ClN3O5S/c1-4-29(33(39)35-27-14-8-9-15-27)36(22-25-13-7-6-12-24(25)3)32(38)23-37(30-16-10-11-17-31(30)42-5-2)43(40,41)28-20-18-26(34)19-21-28/h6-7,10-13,16-21,27,29H,4-5,8-9,14-15,22-23H2,1-3H3,(H,35,39)/t29-/m1/s1. The average molecular weight is 626 g/mol. The van der Waals surface area contributed by atoms with Gasteiger partial charge in [0.25, 0.3) is 10.0 Å². The molecule has 3 aromatic carbocycles. The molecule has 1 aliphatic rings. The van der Waals surface area contributed by atoms with E-state index in [-0.39, 0.29) is 29.1 Å². The van der Waals surface area contributed by atoms with Crippen LogP contribution in [0.25, 0.3) is 0 Å². The Hall–Kier alpha value is -3.56. The van der Waals surface area contributed by atoms with Gasteiger partial charge in [-0.05, 0) is 80.6 Å². The zero-order valence-corrected chi connectivity index (χ0v) is 26.5. The van der Waals surface area contributed by atoms with Gasteiger partial charge in [0.2, 0.25) is 11.8 Å². The van der Waals surface area contributed by atoms with E-state index in [1.807, 2.05) is 38.1 Å². The first-order valence-electron chi connectivity index (χ1n) is 14.8. The first-order chi connectivity index (χ1) is 20.6. The summed E-state index contributed by atoms with van der Waals surface area (Å²) in [6.45, 7) is 5.55. The third-order valence-electron chi connectivity index (χ3n) is 7.80. The highest BCUT2D eigenvalue weighted by molar-refractivity contribution is 7.92. The number of amides is 2. The van der Waals surface area contributed by atoms with Crippen molar-refractivity contribution < 1.29 is 22.7 Å². The van der Waals surface area contributed by atoms with Crippen molar-refractivity contribution in [3.63, 3.8) is 0 Å². The highest BCUT2D eigenvalue weighted by Crippen LogP contribution is 2.33. The van der Waals surface area contributed by atoms with E-state index < -0.39 is 28.5 Å². The molecule has 0 saturated heterocycles. The third kappa shape index (κ3) is 7.89. The van der Waals surface area contributed by atoms with Crippen molar-refractivity contribution in [1.29, 1.82) is 0 Å². The topological polar surface area (TPSA) is 96.0 Å². The molecule has 0 bridgehead atoms. The summed E-state index contributed by atoms with van der Waals surface area (Å²) >= 11 is 6.05. The number of nitrogens with one attached hydrogen (secondary N) is 1. The SMILES string of the molecule is CCOc1ccccc1N(CC(=O)N(Cc1ccccc1C)[C@H](CC)C(=O)NC1CCCC1)S(=O)(=O)c1ccc(Cl)cc1. The van der Waals surface area contributed by atoms with E-state index in [1.54, 1.807) is 31.2 Å². The lowest BCUT2D eigenvalue weighted by molar-refractivity contribution is -0.140. The van der Waals surface area contributed by atoms with Crippen LogP contribution in [-0.4, -0.2) is 50.4 Å². The second-order valence-corrected chi connectivity index (χ2v) is 13.0. The van der Waals surface area contributed by atoms with Crippen molar-refractivity contribution >= 4 is 39.1 Å². The van der Waals surface area contributed by atoms with Crippen molar-refractivity contribution in [3.8, 4) is 5.75 Å². The summed E-state index contributed by atoms with van der Waals surface area (Å²) in [6, 6.07) is 19.5.